The molecule has 1 aromatic rings. The predicted octanol–water partition coefficient (Wildman–Crippen LogP) is 0.491. The topological polar surface area (TPSA) is 73.0 Å². The van der Waals surface area contributed by atoms with Crippen molar-refractivity contribution in [1.82, 2.24) is 20.0 Å². The van der Waals surface area contributed by atoms with Crippen LogP contribution < -0.4 is 5.32 Å². The number of carbonyl (C=O) groups is 3. The second-order valence-electron chi connectivity index (χ2n) is 5.91. The summed E-state index contributed by atoms with van der Waals surface area (Å²) in [5.74, 6) is -0.0218. The highest BCUT2D eigenvalue weighted by atomic mass is 32.1. The molecular formula is C17H26N4O3S. The molecule has 0 saturated carbocycles. The number of rotatable bonds is 7. The van der Waals surface area contributed by atoms with Gasteiger partial charge >= 0.3 is 0 Å². The van der Waals surface area contributed by atoms with E-state index in [1.807, 2.05) is 36.3 Å². The molecule has 1 N–H and O–H groups in total. The molecule has 1 fully saturated rings. The molecule has 0 aliphatic carbocycles. The Balaban J connectivity index is 1.80. The van der Waals surface area contributed by atoms with Crippen LogP contribution in [0.1, 0.15) is 23.5 Å². The standard InChI is InChI=1S/C17H26N4O3S/c1-3-18-15(22)12-19(4-2)13-16(23)20-7-9-21(10-8-20)17(24)14-6-5-11-25-14/h5-6,11H,3-4,7-10,12-13H2,1-2H3,(H,18,22). The minimum absolute atomic E-state index is 0.00868. The maximum atomic E-state index is 12.5. The van der Waals surface area contributed by atoms with Gasteiger partial charge in [-0.15, -0.1) is 11.3 Å². The summed E-state index contributed by atoms with van der Waals surface area (Å²) < 4.78 is 0. The molecule has 1 saturated heterocycles. The van der Waals surface area contributed by atoms with Gasteiger partial charge in [-0.3, -0.25) is 19.3 Å². The van der Waals surface area contributed by atoms with Gasteiger partial charge in [0, 0.05) is 32.7 Å². The molecule has 0 aromatic carbocycles. The fourth-order valence-electron chi connectivity index (χ4n) is 2.74. The average molecular weight is 366 g/mol. The van der Waals surface area contributed by atoms with Crippen LogP contribution in [0.4, 0.5) is 0 Å². The fraction of sp³-hybridized carbons (Fsp3) is 0.588. The Hall–Kier alpha value is -1.93. The number of amides is 3. The Bertz CT molecular complexity index is 583. The third kappa shape index (κ3) is 5.54. The van der Waals surface area contributed by atoms with E-state index in [0.717, 1.165) is 4.88 Å². The SMILES string of the molecule is CCNC(=O)CN(CC)CC(=O)N1CCN(C(=O)c2cccs2)CC1. The maximum Gasteiger partial charge on any atom is 0.264 e. The molecule has 0 atom stereocenters. The van der Waals surface area contributed by atoms with Crippen molar-refractivity contribution < 1.29 is 14.4 Å². The van der Waals surface area contributed by atoms with E-state index in [0.29, 0.717) is 39.3 Å². The van der Waals surface area contributed by atoms with Crippen molar-refractivity contribution in [3.63, 3.8) is 0 Å². The molecule has 7 nitrogen and oxygen atoms in total. The molecule has 8 heteroatoms. The van der Waals surface area contributed by atoms with Crippen molar-refractivity contribution in [2.45, 2.75) is 13.8 Å². The first-order valence-corrected chi connectivity index (χ1v) is 9.52. The van der Waals surface area contributed by atoms with E-state index in [-0.39, 0.29) is 30.8 Å². The zero-order valence-corrected chi connectivity index (χ0v) is 15.7. The first-order chi connectivity index (χ1) is 12.0. The number of hydrogen-bond acceptors (Lipinski definition) is 5. The van der Waals surface area contributed by atoms with Crippen molar-refractivity contribution in [2.24, 2.45) is 0 Å². The summed E-state index contributed by atoms with van der Waals surface area (Å²) in [6.45, 7) is 7.66. The Morgan fingerprint density at radius 2 is 1.80 bits per heavy atom. The van der Waals surface area contributed by atoms with Gasteiger partial charge in [0.15, 0.2) is 0 Å². The molecule has 0 radical (unpaired) electrons. The molecular weight excluding hydrogens is 340 g/mol. The van der Waals surface area contributed by atoms with Gasteiger partial charge < -0.3 is 15.1 Å². The second-order valence-corrected chi connectivity index (χ2v) is 6.85. The Morgan fingerprint density at radius 3 is 2.36 bits per heavy atom. The van der Waals surface area contributed by atoms with E-state index < -0.39 is 0 Å². The van der Waals surface area contributed by atoms with Gasteiger partial charge in [0.2, 0.25) is 11.8 Å². The van der Waals surface area contributed by atoms with Gasteiger partial charge in [-0.2, -0.15) is 0 Å². The lowest BCUT2D eigenvalue weighted by Gasteiger charge is -2.35. The molecule has 0 unspecified atom stereocenters. The van der Waals surface area contributed by atoms with E-state index in [1.165, 1.54) is 11.3 Å². The third-order valence-corrected chi connectivity index (χ3v) is 5.06. The average Bonchev–Trinajstić information content (AvgIpc) is 3.15. The van der Waals surface area contributed by atoms with Crippen LogP contribution in [-0.4, -0.2) is 84.8 Å². The lowest BCUT2D eigenvalue weighted by Crippen LogP contribution is -2.53. The highest BCUT2D eigenvalue weighted by Gasteiger charge is 2.26. The number of carbonyl (C=O) groups excluding carboxylic acids is 3. The van der Waals surface area contributed by atoms with Crippen molar-refractivity contribution in [3.05, 3.63) is 22.4 Å². The fourth-order valence-corrected chi connectivity index (χ4v) is 3.43. The number of thiophene rings is 1. The van der Waals surface area contributed by atoms with Crippen molar-refractivity contribution in [1.29, 1.82) is 0 Å². The van der Waals surface area contributed by atoms with Gasteiger partial charge in [-0.05, 0) is 24.9 Å². The van der Waals surface area contributed by atoms with Crippen LogP contribution in [0, 0.1) is 0 Å². The summed E-state index contributed by atoms with van der Waals surface area (Å²) in [6, 6.07) is 3.69. The van der Waals surface area contributed by atoms with Crippen LogP contribution in [0.15, 0.2) is 17.5 Å². The smallest absolute Gasteiger partial charge is 0.264 e. The van der Waals surface area contributed by atoms with Gasteiger partial charge in [0.25, 0.3) is 5.91 Å². The van der Waals surface area contributed by atoms with Crippen LogP contribution in [0.3, 0.4) is 0 Å². The normalized spacial score (nSPS) is 14.7. The zero-order valence-electron chi connectivity index (χ0n) is 14.9. The quantitative estimate of drug-likeness (QED) is 0.762. The molecule has 0 spiro atoms. The Kier molecular flexibility index (Phi) is 7.39. The first kappa shape index (κ1) is 19.4. The molecule has 0 bridgehead atoms. The van der Waals surface area contributed by atoms with Crippen LogP contribution >= 0.6 is 11.3 Å². The van der Waals surface area contributed by atoms with Gasteiger partial charge in [-0.1, -0.05) is 13.0 Å². The summed E-state index contributed by atoms with van der Waals surface area (Å²) in [7, 11) is 0. The minimum atomic E-state index is -0.0662. The number of piperazine rings is 1. The lowest BCUT2D eigenvalue weighted by atomic mass is 10.2. The number of nitrogens with one attached hydrogen (secondary N) is 1. The van der Waals surface area contributed by atoms with Crippen LogP contribution in [0.25, 0.3) is 0 Å². The number of nitrogens with zero attached hydrogens (tertiary/aromatic N) is 3. The Morgan fingerprint density at radius 1 is 1.12 bits per heavy atom. The van der Waals surface area contributed by atoms with E-state index in [4.69, 9.17) is 0 Å². The van der Waals surface area contributed by atoms with Gasteiger partial charge in [0.05, 0.1) is 18.0 Å². The molecule has 3 amide bonds. The summed E-state index contributed by atoms with van der Waals surface area (Å²) >= 11 is 1.44. The highest BCUT2D eigenvalue weighted by molar-refractivity contribution is 7.12. The van der Waals surface area contributed by atoms with Crippen molar-refractivity contribution in [2.75, 3.05) is 52.4 Å². The van der Waals surface area contributed by atoms with E-state index >= 15 is 0 Å². The van der Waals surface area contributed by atoms with Gasteiger partial charge in [-0.25, -0.2) is 0 Å². The van der Waals surface area contributed by atoms with Gasteiger partial charge in [0.1, 0.15) is 0 Å². The van der Waals surface area contributed by atoms with Crippen LogP contribution in [0.2, 0.25) is 0 Å². The molecule has 2 rings (SSSR count). The molecule has 2 heterocycles. The minimum Gasteiger partial charge on any atom is -0.355 e. The third-order valence-electron chi connectivity index (χ3n) is 4.20. The van der Waals surface area contributed by atoms with Crippen LogP contribution in [-0.2, 0) is 9.59 Å². The predicted molar refractivity (Wildman–Crippen MR) is 97.6 cm³/mol. The molecule has 1 aliphatic rings. The summed E-state index contributed by atoms with van der Waals surface area (Å²) in [5, 5.41) is 4.64. The van der Waals surface area contributed by atoms with Crippen molar-refractivity contribution in [3.8, 4) is 0 Å². The molecule has 1 aromatic heterocycles. The second kappa shape index (κ2) is 9.53. The molecule has 25 heavy (non-hydrogen) atoms. The summed E-state index contributed by atoms with van der Waals surface area (Å²) in [6.07, 6.45) is 0. The Labute approximate surface area is 152 Å². The summed E-state index contributed by atoms with van der Waals surface area (Å²) in [5.41, 5.74) is 0. The largest absolute Gasteiger partial charge is 0.355 e. The number of hydrogen-bond donors (Lipinski definition) is 1. The first-order valence-electron chi connectivity index (χ1n) is 8.64. The van der Waals surface area contributed by atoms with Crippen LogP contribution in [0.5, 0.6) is 0 Å². The highest BCUT2D eigenvalue weighted by Crippen LogP contribution is 2.14. The molecule has 1 aliphatic heterocycles. The van der Waals surface area contributed by atoms with Crippen molar-refractivity contribution >= 4 is 29.1 Å². The maximum absolute atomic E-state index is 12.5. The van der Waals surface area contributed by atoms with E-state index in [1.54, 1.807) is 9.80 Å². The summed E-state index contributed by atoms with van der Waals surface area (Å²) in [4.78, 5) is 42.6. The zero-order chi connectivity index (χ0) is 18.2. The number of likely N-dealkylation sites (N-methyl/N-ethyl adjacent to an activating group) is 2. The molecule has 138 valence electrons. The monoisotopic (exact) mass is 366 g/mol. The van der Waals surface area contributed by atoms with E-state index in [9.17, 15) is 14.4 Å². The lowest BCUT2D eigenvalue weighted by molar-refractivity contribution is -0.134. The van der Waals surface area contributed by atoms with E-state index in [2.05, 4.69) is 5.32 Å².